The maximum Gasteiger partial charge on any atom is 0.338 e. The van der Waals surface area contributed by atoms with E-state index >= 15 is 0 Å². The summed E-state index contributed by atoms with van der Waals surface area (Å²) >= 11 is 0. The quantitative estimate of drug-likeness (QED) is 0.590. The summed E-state index contributed by atoms with van der Waals surface area (Å²) in [6.45, 7) is 2.22. The minimum atomic E-state index is -0.398. The molecular weight excluding hydrogens is 236 g/mol. The Morgan fingerprint density at radius 1 is 1.17 bits per heavy atom. The molecule has 1 aliphatic rings. The summed E-state index contributed by atoms with van der Waals surface area (Å²) in [6.07, 6.45) is 0.525. The van der Waals surface area contributed by atoms with Crippen LogP contribution in [0.2, 0.25) is 0 Å². The fourth-order valence-electron chi connectivity index (χ4n) is 1.22. The molecular formula is C13H14O5. The van der Waals surface area contributed by atoms with Crippen LogP contribution in [0.1, 0.15) is 30.1 Å². The first-order valence-electron chi connectivity index (χ1n) is 5.59. The van der Waals surface area contributed by atoms with Crippen LogP contribution in [0, 0.1) is 0 Å². The molecule has 18 heavy (non-hydrogen) atoms. The number of hydrogen-bond acceptors (Lipinski definition) is 5. The van der Waals surface area contributed by atoms with E-state index in [9.17, 15) is 14.4 Å². The van der Waals surface area contributed by atoms with Gasteiger partial charge in [0.15, 0.2) is 0 Å². The van der Waals surface area contributed by atoms with Crippen molar-refractivity contribution in [2.24, 2.45) is 0 Å². The van der Waals surface area contributed by atoms with Gasteiger partial charge >= 0.3 is 17.9 Å². The van der Waals surface area contributed by atoms with Crippen molar-refractivity contribution < 1.29 is 23.9 Å². The summed E-state index contributed by atoms with van der Waals surface area (Å²) in [6, 6.07) is 8.96. The zero-order chi connectivity index (χ0) is 13.4. The molecule has 1 aliphatic heterocycles. The predicted molar refractivity (Wildman–Crippen MR) is 62.7 cm³/mol. The number of hydrogen-bond donors (Lipinski definition) is 0. The van der Waals surface area contributed by atoms with E-state index in [1.54, 1.807) is 19.1 Å². The van der Waals surface area contributed by atoms with Gasteiger partial charge in [0, 0.05) is 0 Å². The van der Waals surface area contributed by atoms with E-state index in [0.29, 0.717) is 12.2 Å². The minimum Gasteiger partial charge on any atom is -0.462 e. The first kappa shape index (κ1) is 13.9. The van der Waals surface area contributed by atoms with Crippen LogP contribution in [0.5, 0.6) is 0 Å². The summed E-state index contributed by atoms with van der Waals surface area (Å²) < 4.78 is 8.87. The fraction of sp³-hybridized carbons (Fsp3) is 0.308. The zero-order valence-corrected chi connectivity index (χ0v) is 10.0. The van der Waals surface area contributed by atoms with Crippen molar-refractivity contribution in [3.63, 3.8) is 0 Å². The Kier molecular flexibility index (Phi) is 5.57. The zero-order valence-electron chi connectivity index (χ0n) is 10.0. The highest BCUT2D eigenvalue weighted by Crippen LogP contribution is 2.04. The molecule has 0 N–H and O–H groups in total. The number of cyclic esters (lactones) is 2. The van der Waals surface area contributed by atoms with E-state index in [2.05, 4.69) is 4.74 Å². The molecule has 1 aromatic carbocycles. The topological polar surface area (TPSA) is 69.7 Å². The van der Waals surface area contributed by atoms with Gasteiger partial charge in [-0.2, -0.15) is 0 Å². The van der Waals surface area contributed by atoms with Crippen LogP contribution in [0.3, 0.4) is 0 Å². The summed E-state index contributed by atoms with van der Waals surface area (Å²) in [7, 11) is 0. The van der Waals surface area contributed by atoms with Gasteiger partial charge in [-0.1, -0.05) is 18.2 Å². The van der Waals surface area contributed by atoms with Crippen LogP contribution in [0.4, 0.5) is 0 Å². The molecule has 0 aromatic heterocycles. The fourth-order valence-corrected chi connectivity index (χ4v) is 1.22. The summed E-state index contributed by atoms with van der Waals surface area (Å²) in [5.74, 6) is -1.05. The van der Waals surface area contributed by atoms with Crippen molar-refractivity contribution >= 4 is 17.9 Å². The second-order valence-electron chi connectivity index (χ2n) is 3.43. The molecule has 5 nitrogen and oxygen atoms in total. The average Bonchev–Trinajstić information content (AvgIpc) is 2.75. The minimum absolute atomic E-state index is 0.256. The summed E-state index contributed by atoms with van der Waals surface area (Å²) in [4.78, 5) is 31.0. The molecule has 5 heteroatoms. The van der Waals surface area contributed by atoms with Gasteiger partial charge in [-0.25, -0.2) is 4.79 Å². The molecule has 1 fully saturated rings. The van der Waals surface area contributed by atoms with Gasteiger partial charge in [0.05, 0.1) is 25.0 Å². The van der Waals surface area contributed by atoms with Crippen LogP contribution < -0.4 is 0 Å². The third-order valence-corrected chi connectivity index (χ3v) is 2.05. The van der Waals surface area contributed by atoms with Crippen molar-refractivity contribution in [2.75, 3.05) is 6.61 Å². The monoisotopic (exact) mass is 250 g/mol. The largest absolute Gasteiger partial charge is 0.462 e. The number of carbonyl (C=O) groups excluding carboxylic acids is 3. The van der Waals surface area contributed by atoms with E-state index in [0.717, 1.165) is 0 Å². The Morgan fingerprint density at radius 2 is 1.72 bits per heavy atom. The summed E-state index contributed by atoms with van der Waals surface area (Å²) in [5, 5.41) is 0. The first-order valence-corrected chi connectivity index (χ1v) is 5.59. The lowest BCUT2D eigenvalue weighted by Gasteiger charge is -1.99. The highest BCUT2D eigenvalue weighted by atomic mass is 16.6. The lowest BCUT2D eigenvalue weighted by molar-refractivity contribution is -0.151. The highest BCUT2D eigenvalue weighted by Gasteiger charge is 2.19. The molecule has 1 aromatic rings. The molecule has 1 saturated heterocycles. The highest BCUT2D eigenvalue weighted by molar-refractivity contribution is 5.92. The van der Waals surface area contributed by atoms with Crippen LogP contribution >= 0.6 is 0 Å². The molecule has 0 spiro atoms. The molecule has 0 radical (unpaired) electrons. The van der Waals surface area contributed by atoms with Gasteiger partial charge in [-0.15, -0.1) is 0 Å². The first-order chi connectivity index (χ1) is 8.63. The maximum atomic E-state index is 11.0. The Hall–Kier alpha value is -2.17. The van der Waals surface area contributed by atoms with Crippen molar-refractivity contribution in [1.29, 1.82) is 0 Å². The van der Waals surface area contributed by atoms with E-state index in [4.69, 9.17) is 4.74 Å². The molecule has 2 rings (SSSR count). The molecule has 0 saturated carbocycles. The lowest BCUT2D eigenvalue weighted by atomic mass is 10.2. The van der Waals surface area contributed by atoms with Crippen LogP contribution in [0.25, 0.3) is 0 Å². The summed E-state index contributed by atoms with van der Waals surface area (Å²) in [5.41, 5.74) is 0.606. The standard InChI is InChI=1S/C9H10O2.C4H4O3/c1-2-11-9(10)8-6-4-3-5-7-8;5-3-1-2-4(6)7-3/h3-7H,2H2,1H3;1-2H2. The second kappa shape index (κ2) is 7.21. The predicted octanol–water partition coefficient (Wildman–Crippen LogP) is 1.71. The van der Waals surface area contributed by atoms with Crippen molar-refractivity contribution in [2.45, 2.75) is 19.8 Å². The van der Waals surface area contributed by atoms with Gasteiger partial charge in [0.2, 0.25) is 0 Å². The van der Waals surface area contributed by atoms with E-state index in [1.807, 2.05) is 18.2 Å². The normalized spacial score (nSPS) is 13.4. The van der Waals surface area contributed by atoms with E-state index < -0.39 is 11.9 Å². The van der Waals surface area contributed by atoms with Crippen molar-refractivity contribution in [3.05, 3.63) is 35.9 Å². The number of ether oxygens (including phenoxy) is 2. The Balaban J connectivity index is 0.000000199. The van der Waals surface area contributed by atoms with E-state index in [-0.39, 0.29) is 18.8 Å². The average molecular weight is 250 g/mol. The number of carbonyl (C=O) groups is 3. The Bertz CT molecular complexity index is 410. The van der Waals surface area contributed by atoms with Gasteiger partial charge in [0.25, 0.3) is 0 Å². The molecule has 0 atom stereocenters. The van der Waals surface area contributed by atoms with Gasteiger partial charge in [-0.05, 0) is 19.1 Å². The number of benzene rings is 1. The number of rotatable bonds is 2. The lowest BCUT2D eigenvalue weighted by Crippen LogP contribution is -2.03. The molecule has 0 bridgehead atoms. The molecule has 0 unspecified atom stereocenters. The third-order valence-electron chi connectivity index (χ3n) is 2.05. The van der Waals surface area contributed by atoms with Crippen LogP contribution in [-0.2, 0) is 19.1 Å². The molecule has 96 valence electrons. The SMILES string of the molecule is CCOC(=O)c1ccccc1.O=C1CCC(=O)O1. The number of esters is 3. The second-order valence-corrected chi connectivity index (χ2v) is 3.43. The van der Waals surface area contributed by atoms with Gasteiger partial charge in [-0.3, -0.25) is 9.59 Å². The molecule has 0 aliphatic carbocycles. The Labute approximate surface area is 105 Å². The van der Waals surface area contributed by atoms with Crippen molar-refractivity contribution in [3.8, 4) is 0 Å². The molecule has 0 amide bonds. The van der Waals surface area contributed by atoms with E-state index in [1.165, 1.54) is 0 Å². The van der Waals surface area contributed by atoms with Crippen LogP contribution in [-0.4, -0.2) is 24.5 Å². The van der Waals surface area contributed by atoms with Gasteiger partial charge in [0.1, 0.15) is 0 Å². The van der Waals surface area contributed by atoms with Crippen LogP contribution in [0.15, 0.2) is 30.3 Å². The smallest absolute Gasteiger partial charge is 0.338 e. The Morgan fingerprint density at radius 3 is 2.11 bits per heavy atom. The van der Waals surface area contributed by atoms with Gasteiger partial charge < -0.3 is 9.47 Å². The maximum absolute atomic E-state index is 11.0. The molecule has 1 heterocycles. The van der Waals surface area contributed by atoms with Crippen molar-refractivity contribution in [1.82, 2.24) is 0 Å². The third kappa shape index (κ3) is 4.78.